The highest BCUT2D eigenvalue weighted by Gasteiger charge is 2.20. The number of methoxy groups -OCH3 is 1. The van der Waals surface area contributed by atoms with Crippen LogP contribution in [0.1, 0.15) is 23.8 Å². The lowest BCUT2D eigenvalue weighted by molar-refractivity contribution is 0.159. The van der Waals surface area contributed by atoms with E-state index in [-0.39, 0.29) is 5.38 Å². The Kier molecular flexibility index (Phi) is 5.24. The highest BCUT2D eigenvalue weighted by atomic mass is 35.5. The lowest BCUT2D eigenvalue weighted by Crippen LogP contribution is -2.27. The summed E-state index contributed by atoms with van der Waals surface area (Å²) in [5.41, 5.74) is 2.92. The first-order valence-electron chi connectivity index (χ1n) is 7.17. The van der Waals surface area contributed by atoms with Gasteiger partial charge in [0.1, 0.15) is 11.3 Å². The van der Waals surface area contributed by atoms with Crippen molar-refractivity contribution in [3.05, 3.63) is 11.5 Å². The first kappa shape index (κ1) is 16.3. The number of fused-ring (bicyclic) bond motifs is 1. The van der Waals surface area contributed by atoms with Gasteiger partial charge in [-0.2, -0.15) is 5.10 Å². The highest BCUT2D eigenvalue weighted by molar-refractivity contribution is 6.20. The summed E-state index contributed by atoms with van der Waals surface area (Å²) < 4.78 is 9.17. The van der Waals surface area contributed by atoms with Crippen molar-refractivity contribution in [2.45, 2.75) is 25.8 Å². The zero-order chi connectivity index (χ0) is 15.6. The Morgan fingerprint density at radius 3 is 2.71 bits per heavy atom. The van der Waals surface area contributed by atoms with Gasteiger partial charge >= 0.3 is 0 Å². The van der Waals surface area contributed by atoms with Crippen LogP contribution < -0.4 is 0 Å². The lowest BCUT2D eigenvalue weighted by Gasteiger charge is -2.18. The number of aromatic nitrogens is 4. The molecule has 0 fully saturated rings. The van der Waals surface area contributed by atoms with E-state index in [4.69, 9.17) is 16.3 Å². The van der Waals surface area contributed by atoms with Gasteiger partial charge in [-0.3, -0.25) is 4.68 Å². The summed E-state index contributed by atoms with van der Waals surface area (Å²) in [5, 5.41) is 4.32. The molecule has 0 spiro atoms. The van der Waals surface area contributed by atoms with Gasteiger partial charge in [0, 0.05) is 33.8 Å². The van der Waals surface area contributed by atoms with Crippen LogP contribution in [0.25, 0.3) is 11.2 Å². The monoisotopic (exact) mass is 313 g/mol. The van der Waals surface area contributed by atoms with Crippen molar-refractivity contribution in [1.82, 2.24) is 24.2 Å². The molecule has 0 aliphatic heterocycles. The fourth-order valence-corrected chi connectivity index (χ4v) is 2.67. The minimum atomic E-state index is -0.124. The van der Waals surface area contributed by atoms with Gasteiger partial charge in [0.2, 0.25) is 0 Å². The van der Waals surface area contributed by atoms with Crippen LogP contribution in [0.15, 0.2) is 0 Å². The van der Waals surface area contributed by atoms with Crippen molar-refractivity contribution in [1.29, 1.82) is 0 Å². The molecule has 0 aliphatic rings. The second-order valence-electron chi connectivity index (χ2n) is 5.41. The van der Waals surface area contributed by atoms with Crippen molar-refractivity contribution in [2.24, 2.45) is 7.05 Å². The van der Waals surface area contributed by atoms with Crippen LogP contribution >= 0.6 is 11.6 Å². The molecule has 118 valence electrons. The van der Waals surface area contributed by atoms with E-state index in [0.717, 1.165) is 48.9 Å². The molecule has 6 nitrogen and oxygen atoms in total. The Balaban J connectivity index is 2.26. The third kappa shape index (κ3) is 3.39. The number of ether oxygens (including phenoxy) is 1. The first-order chi connectivity index (χ1) is 9.95. The average Bonchev–Trinajstić information content (AvgIpc) is 2.93. The highest BCUT2D eigenvalue weighted by Crippen LogP contribution is 2.25. The molecule has 0 aliphatic carbocycles. The molecule has 2 aromatic heterocycles. The molecule has 1 atom stereocenters. The quantitative estimate of drug-likeness (QED) is 0.733. The number of hydrogen-bond acceptors (Lipinski definition) is 4. The Labute approximate surface area is 130 Å². The number of aryl methyl sites for hydroxylation is 2. The smallest absolute Gasteiger partial charge is 0.158 e. The molecule has 21 heavy (non-hydrogen) atoms. The van der Waals surface area contributed by atoms with Gasteiger partial charge in [-0.05, 0) is 20.9 Å². The maximum atomic E-state index is 6.29. The summed E-state index contributed by atoms with van der Waals surface area (Å²) in [5.74, 6) is 0.905. The van der Waals surface area contributed by atoms with Gasteiger partial charge in [-0.25, -0.2) is 4.98 Å². The van der Waals surface area contributed by atoms with Crippen LogP contribution in [0, 0.1) is 6.92 Å². The van der Waals surface area contributed by atoms with E-state index in [9.17, 15) is 0 Å². The largest absolute Gasteiger partial charge is 0.383 e. The number of likely N-dealkylation sites (N-methyl/N-ethyl adjacent to an activating group) is 1. The topological polar surface area (TPSA) is 48.1 Å². The van der Waals surface area contributed by atoms with Gasteiger partial charge in [0.05, 0.1) is 17.7 Å². The molecule has 1 unspecified atom stereocenters. The van der Waals surface area contributed by atoms with Crippen LogP contribution in [0.5, 0.6) is 0 Å². The molecule has 0 saturated carbocycles. The van der Waals surface area contributed by atoms with Crippen LogP contribution in [-0.2, 0) is 18.3 Å². The molecule has 0 radical (unpaired) electrons. The molecule has 0 bridgehead atoms. The summed E-state index contributed by atoms with van der Waals surface area (Å²) in [7, 11) is 5.76. The van der Waals surface area contributed by atoms with Crippen LogP contribution in [0.2, 0.25) is 0 Å². The molecule has 0 amide bonds. The third-order valence-corrected chi connectivity index (χ3v) is 3.85. The van der Waals surface area contributed by atoms with Crippen molar-refractivity contribution in [3.63, 3.8) is 0 Å². The van der Waals surface area contributed by atoms with Crippen molar-refractivity contribution < 1.29 is 4.74 Å². The van der Waals surface area contributed by atoms with Crippen LogP contribution in [0.4, 0.5) is 0 Å². The minimum absolute atomic E-state index is 0.124. The van der Waals surface area contributed by atoms with E-state index in [1.165, 1.54) is 0 Å². The van der Waals surface area contributed by atoms with Gasteiger partial charge in [0.25, 0.3) is 0 Å². The predicted octanol–water partition coefficient (Wildman–Crippen LogP) is 1.96. The summed E-state index contributed by atoms with van der Waals surface area (Å²) in [6, 6.07) is 0. The summed E-state index contributed by atoms with van der Waals surface area (Å²) in [4.78, 5) is 6.91. The minimum Gasteiger partial charge on any atom is -0.383 e. The normalized spacial score (nSPS) is 13.5. The number of nitrogens with zero attached hydrogens (tertiary/aromatic N) is 5. The summed E-state index contributed by atoms with van der Waals surface area (Å²) in [6.07, 6.45) is 0. The van der Waals surface area contributed by atoms with Gasteiger partial charge in [-0.15, -0.1) is 11.6 Å². The van der Waals surface area contributed by atoms with Gasteiger partial charge in [0.15, 0.2) is 5.65 Å². The molecular formula is C14H24ClN5O. The van der Waals surface area contributed by atoms with E-state index >= 15 is 0 Å². The Morgan fingerprint density at radius 1 is 1.38 bits per heavy atom. The molecule has 2 aromatic rings. The summed E-state index contributed by atoms with van der Waals surface area (Å²) >= 11 is 6.29. The fourth-order valence-electron chi connectivity index (χ4n) is 2.51. The SMILES string of the molecule is COCCN(C)CCn1c(C(C)Cl)nc2c(C)nn(C)c21. The number of alkyl halides is 1. The first-order valence-corrected chi connectivity index (χ1v) is 7.60. The molecular weight excluding hydrogens is 290 g/mol. The maximum absolute atomic E-state index is 6.29. The Bertz CT molecular complexity index is 604. The standard InChI is InChI=1S/C14H24ClN5O/c1-10(15)13-16-12-11(2)17-19(4)14(12)20(13)7-6-18(3)8-9-21-5/h10H,6-9H2,1-5H3. The molecule has 0 N–H and O–H groups in total. The maximum Gasteiger partial charge on any atom is 0.158 e. The van der Waals surface area contributed by atoms with Gasteiger partial charge in [-0.1, -0.05) is 0 Å². The second kappa shape index (κ2) is 6.77. The number of halogens is 1. The van der Waals surface area contributed by atoms with Gasteiger partial charge < -0.3 is 14.2 Å². The zero-order valence-corrected chi connectivity index (χ0v) is 14.2. The summed E-state index contributed by atoms with van der Waals surface area (Å²) in [6.45, 7) is 7.32. The predicted molar refractivity (Wildman–Crippen MR) is 84.9 cm³/mol. The average molecular weight is 314 g/mol. The van der Waals surface area contributed by atoms with E-state index < -0.39 is 0 Å². The van der Waals surface area contributed by atoms with Crippen molar-refractivity contribution in [3.8, 4) is 0 Å². The number of hydrogen-bond donors (Lipinski definition) is 0. The number of rotatable bonds is 7. The van der Waals surface area contributed by atoms with E-state index in [0.29, 0.717) is 0 Å². The van der Waals surface area contributed by atoms with Crippen molar-refractivity contribution in [2.75, 3.05) is 33.9 Å². The van der Waals surface area contributed by atoms with Crippen molar-refractivity contribution >= 4 is 22.8 Å². The number of imidazole rings is 1. The fraction of sp³-hybridized carbons (Fsp3) is 0.714. The molecule has 7 heteroatoms. The third-order valence-electron chi connectivity index (χ3n) is 3.66. The molecule has 2 rings (SSSR count). The lowest BCUT2D eigenvalue weighted by atomic mass is 10.4. The van der Waals surface area contributed by atoms with E-state index in [1.54, 1.807) is 7.11 Å². The van der Waals surface area contributed by atoms with Crippen LogP contribution in [-0.4, -0.2) is 58.1 Å². The van der Waals surface area contributed by atoms with E-state index in [2.05, 4.69) is 26.6 Å². The Morgan fingerprint density at radius 2 is 2.10 bits per heavy atom. The molecule has 2 heterocycles. The molecule has 0 saturated heterocycles. The Hall–Kier alpha value is -1.11. The zero-order valence-electron chi connectivity index (χ0n) is 13.4. The van der Waals surface area contributed by atoms with E-state index in [1.807, 2.05) is 25.6 Å². The molecule has 0 aromatic carbocycles. The van der Waals surface area contributed by atoms with Crippen LogP contribution in [0.3, 0.4) is 0 Å². The second-order valence-corrected chi connectivity index (χ2v) is 6.07.